The summed E-state index contributed by atoms with van der Waals surface area (Å²) in [7, 11) is 2.02. The van der Waals surface area contributed by atoms with Crippen LogP contribution in [0.15, 0.2) is 47.4 Å². The second-order valence-corrected chi connectivity index (χ2v) is 7.49. The molecule has 4 rings (SSSR count). The fraction of sp³-hybridized carbons (Fsp3) is 0.273. The number of halogens is 2. The molecule has 1 saturated heterocycles. The zero-order chi connectivity index (χ0) is 20.7. The van der Waals surface area contributed by atoms with E-state index in [2.05, 4.69) is 4.90 Å². The smallest absolute Gasteiger partial charge is 0.341 e. The van der Waals surface area contributed by atoms with Crippen molar-refractivity contribution in [2.45, 2.75) is 18.8 Å². The van der Waals surface area contributed by atoms with Gasteiger partial charge in [-0.05, 0) is 80.9 Å². The fourth-order valence-electron chi connectivity index (χ4n) is 3.96. The van der Waals surface area contributed by atoms with Crippen LogP contribution in [0.25, 0.3) is 16.6 Å². The number of hydrogen-bond acceptors (Lipinski definition) is 3. The molecule has 1 aliphatic heterocycles. The second-order valence-electron chi connectivity index (χ2n) is 7.49. The van der Waals surface area contributed by atoms with Crippen LogP contribution in [0.3, 0.4) is 0 Å². The van der Waals surface area contributed by atoms with Crippen molar-refractivity contribution in [2.24, 2.45) is 0 Å². The summed E-state index contributed by atoms with van der Waals surface area (Å²) in [6, 6.07) is 8.25. The summed E-state index contributed by atoms with van der Waals surface area (Å²) in [5.41, 5.74) is 0.207. The van der Waals surface area contributed by atoms with Crippen molar-refractivity contribution in [3.8, 4) is 5.69 Å². The highest BCUT2D eigenvalue weighted by atomic mass is 19.1. The molecule has 0 saturated carbocycles. The van der Waals surface area contributed by atoms with Gasteiger partial charge in [-0.3, -0.25) is 4.79 Å². The van der Waals surface area contributed by atoms with Gasteiger partial charge in [-0.1, -0.05) is 0 Å². The van der Waals surface area contributed by atoms with E-state index in [4.69, 9.17) is 0 Å². The highest BCUT2D eigenvalue weighted by molar-refractivity contribution is 5.93. The molecule has 1 N–H and O–H groups in total. The van der Waals surface area contributed by atoms with Crippen LogP contribution in [0.1, 0.15) is 34.7 Å². The van der Waals surface area contributed by atoms with Crippen molar-refractivity contribution in [1.29, 1.82) is 0 Å². The normalized spacial score (nSPS) is 15.7. The molecule has 0 spiro atoms. The summed E-state index contributed by atoms with van der Waals surface area (Å²) < 4.78 is 29.8. The van der Waals surface area contributed by atoms with Crippen LogP contribution in [-0.2, 0) is 0 Å². The first-order valence-electron chi connectivity index (χ1n) is 9.41. The SMILES string of the molecule is CN1CCC(c2cc3c(cc2F)c(=O)c(C(=O)O)cn3-c2ccc(F)cc2)CC1. The number of hydrogen-bond donors (Lipinski definition) is 1. The maximum absolute atomic E-state index is 14.9. The van der Waals surface area contributed by atoms with Crippen LogP contribution in [0.5, 0.6) is 0 Å². The van der Waals surface area contributed by atoms with Crippen LogP contribution in [-0.4, -0.2) is 40.7 Å². The van der Waals surface area contributed by atoms with Gasteiger partial charge < -0.3 is 14.6 Å². The Morgan fingerprint density at radius 2 is 1.76 bits per heavy atom. The maximum atomic E-state index is 14.9. The van der Waals surface area contributed by atoms with Crippen LogP contribution in [0, 0.1) is 11.6 Å². The molecule has 2 heterocycles. The Balaban J connectivity index is 1.97. The molecule has 29 heavy (non-hydrogen) atoms. The lowest BCUT2D eigenvalue weighted by Crippen LogP contribution is -2.29. The lowest BCUT2D eigenvalue weighted by Gasteiger charge is -2.29. The van der Waals surface area contributed by atoms with Gasteiger partial charge in [0, 0.05) is 17.3 Å². The van der Waals surface area contributed by atoms with Crippen LogP contribution < -0.4 is 5.43 Å². The lowest BCUT2D eigenvalue weighted by atomic mass is 9.88. The molecule has 0 amide bonds. The van der Waals surface area contributed by atoms with E-state index in [-0.39, 0.29) is 11.3 Å². The maximum Gasteiger partial charge on any atom is 0.341 e. The van der Waals surface area contributed by atoms with E-state index in [1.807, 2.05) is 7.05 Å². The third-order valence-corrected chi connectivity index (χ3v) is 5.62. The third kappa shape index (κ3) is 3.53. The summed E-state index contributed by atoms with van der Waals surface area (Å²) in [5, 5.41) is 9.41. The predicted molar refractivity (Wildman–Crippen MR) is 106 cm³/mol. The Kier molecular flexibility index (Phi) is 4.92. The van der Waals surface area contributed by atoms with E-state index in [1.54, 1.807) is 6.07 Å². The molecule has 7 heteroatoms. The second kappa shape index (κ2) is 7.40. The molecule has 1 aliphatic rings. The largest absolute Gasteiger partial charge is 0.477 e. The van der Waals surface area contributed by atoms with Gasteiger partial charge in [0.1, 0.15) is 17.2 Å². The zero-order valence-electron chi connectivity index (χ0n) is 15.9. The quantitative estimate of drug-likeness (QED) is 0.730. The first-order valence-corrected chi connectivity index (χ1v) is 9.41. The first-order chi connectivity index (χ1) is 13.8. The highest BCUT2D eigenvalue weighted by Gasteiger charge is 2.24. The van der Waals surface area contributed by atoms with E-state index in [0.29, 0.717) is 16.8 Å². The van der Waals surface area contributed by atoms with Gasteiger partial charge >= 0.3 is 5.97 Å². The van der Waals surface area contributed by atoms with Crippen LogP contribution >= 0.6 is 0 Å². The topological polar surface area (TPSA) is 62.5 Å². The zero-order valence-corrected chi connectivity index (χ0v) is 15.9. The van der Waals surface area contributed by atoms with Crippen molar-refractivity contribution in [2.75, 3.05) is 20.1 Å². The lowest BCUT2D eigenvalue weighted by molar-refractivity contribution is 0.0695. The van der Waals surface area contributed by atoms with E-state index in [0.717, 1.165) is 32.0 Å². The summed E-state index contributed by atoms with van der Waals surface area (Å²) in [4.78, 5) is 26.4. The van der Waals surface area contributed by atoms with Gasteiger partial charge in [0.2, 0.25) is 5.43 Å². The molecular weight excluding hydrogens is 378 g/mol. The van der Waals surface area contributed by atoms with Gasteiger partial charge in [0.25, 0.3) is 0 Å². The molecule has 150 valence electrons. The minimum Gasteiger partial charge on any atom is -0.477 e. The fourth-order valence-corrected chi connectivity index (χ4v) is 3.96. The molecule has 1 fully saturated rings. The Morgan fingerprint density at radius 3 is 2.38 bits per heavy atom. The minimum atomic E-state index is -1.40. The predicted octanol–water partition coefficient (Wildman–Crippen LogP) is 3.78. The number of piperidine rings is 1. The van der Waals surface area contributed by atoms with Crippen molar-refractivity contribution in [1.82, 2.24) is 9.47 Å². The molecule has 2 aromatic carbocycles. The number of rotatable bonds is 3. The van der Waals surface area contributed by atoms with E-state index >= 15 is 0 Å². The summed E-state index contributed by atoms with van der Waals surface area (Å²) in [6.07, 6.45) is 2.82. The monoisotopic (exact) mass is 398 g/mol. The molecule has 0 bridgehead atoms. The molecule has 0 atom stereocenters. The molecular formula is C22H20F2N2O3. The van der Waals surface area contributed by atoms with Crippen molar-refractivity contribution < 1.29 is 18.7 Å². The average molecular weight is 398 g/mol. The first kappa shape index (κ1) is 19.3. The number of nitrogens with zero attached hydrogens (tertiary/aromatic N) is 2. The van der Waals surface area contributed by atoms with Gasteiger partial charge in [0.15, 0.2) is 0 Å². The Labute approximate surface area is 165 Å². The minimum absolute atomic E-state index is 0.0107. The van der Waals surface area contributed by atoms with Gasteiger partial charge in [-0.25, -0.2) is 13.6 Å². The number of carbonyl (C=O) groups is 1. The van der Waals surface area contributed by atoms with Crippen molar-refractivity contribution >= 4 is 16.9 Å². The Bertz CT molecular complexity index is 1150. The van der Waals surface area contributed by atoms with E-state index in [1.165, 1.54) is 35.0 Å². The molecule has 1 aromatic heterocycles. The number of fused-ring (bicyclic) bond motifs is 1. The molecule has 0 radical (unpaired) electrons. The number of pyridine rings is 1. The Morgan fingerprint density at radius 1 is 1.10 bits per heavy atom. The summed E-state index contributed by atoms with van der Waals surface area (Å²) in [6.45, 7) is 1.70. The van der Waals surface area contributed by atoms with Crippen LogP contribution in [0.2, 0.25) is 0 Å². The van der Waals surface area contributed by atoms with Gasteiger partial charge in [0.05, 0.1) is 5.52 Å². The average Bonchev–Trinajstić information content (AvgIpc) is 2.70. The van der Waals surface area contributed by atoms with Gasteiger partial charge in [-0.15, -0.1) is 0 Å². The number of aromatic carboxylic acids is 1. The number of carboxylic acids is 1. The van der Waals surface area contributed by atoms with Crippen molar-refractivity contribution in [3.05, 3.63) is 75.6 Å². The van der Waals surface area contributed by atoms with E-state index in [9.17, 15) is 23.5 Å². The summed E-state index contributed by atoms with van der Waals surface area (Å²) in [5.74, 6) is -2.31. The number of benzene rings is 2. The standard InChI is InChI=1S/C22H20F2N2O3/c1-25-8-6-13(7-9-25)16-11-20-17(10-19(16)24)21(27)18(22(28)29)12-26(20)15-4-2-14(23)3-5-15/h2-5,10-13H,6-9H2,1H3,(H,28,29). The molecule has 3 aromatic rings. The molecule has 0 unspecified atom stereocenters. The molecule has 0 aliphatic carbocycles. The molecule has 5 nitrogen and oxygen atoms in total. The number of aromatic nitrogens is 1. The number of carboxylic acid groups (broad SMARTS) is 1. The Hall–Kier alpha value is -3.06. The van der Waals surface area contributed by atoms with Crippen LogP contribution in [0.4, 0.5) is 8.78 Å². The summed E-state index contributed by atoms with van der Waals surface area (Å²) >= 11 is 0. The highest BCUT2D eigenvalue weighted by Crippen LogP contribution is 2.32. The van der Waals surface area contributed by atoms with Crippen molar-refractivity contribution in [3.63, 3.8) is 0 Å². The van der Waals surface area contributed by atoms with Gasteiger partial charge in [-0.2, -0.15) is 0 Å². The third-order valence-electron chi connectivity index (χ3n) is 5.62. The van der Waals surface area contributed by atoms with E-state index < -0.39 is 28.6 Å². The number of likely N-dealkylation sites (tertiary alicyclic amines) is 1.